The average molecular weight is 393 g/mol. The lowest BCUT2D eigenvalue weighted by Crippen LogP contribution is -2.38. The van der Waals surface area contributed by atoms with Crippen molar-refractivity contribution >= 4 is 18.3 Å². The quantitative estimate of drug-likeness (QED) is 0.288. The molecule has 0 radical (unpaired) electrons. The molecule has 0 heterocycles. The number of ether oxygens (including phenoxy) is 2. The van der Waals surface area contributed by atoms with Crippen LogP contribution in [0.3, 0.4) is 0 Å². The fourth-order valence-corrected chi connectivity index (χ4v) is 3.70. The van der Waals surface area contributed by atoms with Gasteiger partial charge in [-0.15, -0.1) is 6.42 Å². The predicted molar refractivity (Wildman–Crippen MR) is 111 cm³/mol. The molecule has 0 bridgehead atoms. The molecule has 6 heteroatoms. The van der Waals surface area contributed by atoms with Crippen LogP contribution in [0.2, 0.25) is 0 Å². The maximum absolute atomic E-state index is 12.2. The molecule has 28 heavy (non-hydrogen) atoms. The first-order valence-corrected chi connectivity index (χ1v) is 10.1. The molecule has 1 amide bonds. The van der Waals surface area contributed by atoms with Crippen LogP contribution in [-0.4, -0.2) is 31.5 Å². The van der Waals surface area contributed by atoms with Gasteiger partial charge in [0.15, 0.2) is 0 Å². The summed E-state index contributed by atoms with van der Waals surface area (Å²) in [6.07, 6.45) is 10.4. The second-order valence-corrected chi connectivity index (χ2v) is 8.75. The van der Waals surface area contributed by atoms with Crippen molar-refractivity contribution in [2.45, 2.75) is 72.8 Å². The third-order valence-corrected chi connectivity index (χ3v) is 5.82. The Hall–Kier alpha value is -2.03. The first-order valence-electron chi connectivity index (χ1n) is 10.1. The van der Waals surface area contributed by atoms with Crippen molar-refractivity contribution in [3.05, 3.63) is 0 Å². The number of esters is 1. The number of hydrogen-bond donors (Lipinski definition) is 1. The summed E-state index contributed by atoms with van der Waals surface area (Å²) >= 11 is 0. The summed E-state index contributed by atoms with van der Waals surface area (Å²) in [5.74, 6) is 3.63. The van der Waals surface area contributed by atoms with E-state index in [1.165, 1.54) is 13.5 Å². The first kappa shape index (κ1) is 24.0. The molecular formula is C22H36N2O4. The zero-order valence-corrected chi connectivity index (χ0v) is 18.2. The number of carbonyl (C=O) groups is 2. The molecule has 6 nitrogen and oxygen atoms in total. The monoisotopic (exact) mass is 392 g/mol. The van der Waals surface area contributed by atoms with Gasteiger partial charge in [0, 0.05) is 24.0 Å². The molecule has 4 atom stereocenters. The number of rotatable bonds is 8. The van der Waals surface area contributed by atoms with Gasteiger partial charge in [0.2, 0.25) is 0 Å². The van der Waals surface area contributed by atoms with Crippen LogP contribution >= 0.6 is 0 Å². The van der Waals surface area contributed by atoms with E-state index in [0.29, 0.717) is 24.2 Å². The highest BCUT2D eigenvalue weighted by Gasteiger charge is 2.33. The Morgan fingerprint density at radius 1 is 1.36 bits per heavy atom. The molecule has 0 saturated heterocycles. The maximum Gasteiger partial charge on any atom is 0.428 e. The SMILES string of the molecule is C#CC(C)(C)C(C=NNC(=O)O[C@H]1CC(C)CCC1C(C)C)CCC(=O)OC. The largest absolute Gasteiger partial charge is 0.469 e. The minimum absolute atomic E-state index is 0.0868. The molecule has 158 valence electrons. The average Bonchev–Trinajstić information content (AvgIpc) is 2.63. The van der Waals surface area contributed by atoms with Crippen LogP contribution in [0.1, 0.15) is 66.7 Å². The summed E-state index contributed by atoms with van der Waals surface area (Å²) in [7, 11) is 1.35. The van der Waals surface area contributed by atoms with E-state index in [9.17, 15) is 9.59 Å². The summed E-state index contributed by atoms with van der Waals surface area (Å²) in [5, 5.41) is 4.05. The molecule has 1 N–H and O–H groups in total. The Morgan fingerprint density at radius 3 is 2.61 bits per heavy atom. The number of amides is 1. The van der Waals surface area contributed by atoms with E-state index in [0.717, 1.165) is 12.8 Å². The van der Waals surface area contributed by atoms with Crippen molar-refractivity contribution in [3.63, 3.8) is 0 Å². The van der Waals surface area contributed by atoms with Gasteiger partial charge in [0.1, 0.15) is 6.10 Å². The number of carbonyl (C=O) groups excluding carboxylic acids is 2. The topological polar surface area (TPSA) is 77.0 Å². The summed E-state index contributed by atoms with van der Waals surface area (Å²) < 4.78 is 10.4. The minimum Gasteiger partial charge on any atom is -0.469 e. The number of methoxy groups -OCH3 is 1. The van der Waals surface area contributed by atoms with Crippen LogP contribution in [0.5, 0.6) is 0 Å². The molecule has 0 aromatic heterocycles. The number of hydrogen-bond acceptors (Lipinski definition) is 5. The highest BCUT2D eigenvalue weighted by Crippen LogP contribution is 2.35. The van der Waals surface area contributed by atoms with Crippen LogP contribution in [0.25, 0.3) is 0 Å². The van der Waals surface area contributed by atoms with Crippen molar-refractivity contribution in [1.29, 1.82) is 0 Å². The van der Waals surface area contributed by atoms with Crippen molar-refractivity contribution in [3.8, 4) is 12.3 Å². The Morgan fingerprint density at radius 2 is 2.04 bits per heavy atom. The lowest BCUT2D eigenvalue weighted by atomic mass is 9.75. The van der Waals surface area contributed by atoms with Crippen LogP contribution in [0.15, 0.2) is 5.10 Å². The van der Waals surface area contributed by atoms with Crippen LogP contribution < -0.4 is 5.43 Å². The smallest absolute Gasteiger partial charge is 0.428 e. The summed E-state index contributed by atoms with van der Waals surface area (Å²) in [6.45, 7) is 10.3. The summed E-state index contributed by atoms with van der Waals surface area (Å²) in [4.78, 5) is 23.7. The van der Waals surface area contributed by atoms with Crippen LogP contribution in [0, 0.1) is 41.4 Å². The summed E-state index contributed by atoms with van der Waals surface area (Å²) in [5.41, 5.74) is 1.95. The van der Waals surface area contributed by atoms with E-state index in [4.69, 9.17) is 11.2 Å². The molecule has 0 aromatic carbocycles. The standard InChI is InChI=1S/C22H36N2O4/c1-8-22(5,6)17(10-12-20(25)27-7)14-23-24-21(26)28-19-13-16(4)9-11-18(19)15(2)3/h1,14-19H,9-13H2,2-7H3,(H,24,26)/t16?,17?,18?,19-/m0/s1. The van der Waals surface area contributed by atoms with Gasteiger partial charge in [0.05, 0.1) is 7.11 Å². The van der Waals surface area contributed by atoms with E-state index in [2.05, 4.69) is 42.0 Å². The maximum atomic E-state index is 12.2. The first-order chi connectivity index (χ1) is 13.1. The van der Waals surface area contributed by atoms with Crippen LogP contribution in [0.4, 0.5) is 4.79 Å². The molecule has 1 saturated carbocycles. The number of nitrogens with one attached hydrogen (secondary N) is 1. The second kappa shape index (κ2) is 11.1. The van der Waals surface area contributed by atoms with E-state index in [1.807, 2.05) is 13.8 Å². The number of terminal acetylenes is 1. The molecule has 0 aromatic rings. The molecule has 3 unspecified atom stereocenters. The Labute approximate surface area is 169 Å². The van der Waals surface area contributed by atoms with Gasteiger partial charge in [0.25, 0.3) is 0 Å². The Kier molecular flexibility index (Phi) is 9.51. The third kappa shape index (κ3) is 7.53. The molecule has 0 spiro atoms. The van der Waals surface area contributed by atoms with Gasteiger partial charge in [-0.05, 0) is 50.9 Å². The molecule has 0 aliphatic heterocycles. The fraction of sp³-hybridized carbons (Fsp3) is 0.773. The van der Waals surface area contributed by atoms with Gasteiger partial charge in [-0.2, -0.15) is 5.10 Å². The normalized spacial score (nSPS) is 23.9. The van der Waals surface area contributed by atoms with Crippen molar-refractivity contribution < 1.29 is 19.1 Å². The molecular weight excluding hydrogens is 356 g/mol. The molecule has 1 fully saturated rings. The number of nitrogens with zero attached hydrogens (tertiary/aromatic N) is 1. The van der Waals surface area contributed by atoms with Gasteiger partial charge in [-0.3, -0.25) is 4.79 Å². The van der Waals surface area contributed by atoms with Crippen molar-refractivity contribution in [1.82, 2.24) is 5.43 Å². The zero-order valence-electron chi connectivity index (χ0n) is 18.2. The third-order valence-electron chi connectivity index (χ3n) is 5.82. The van der Waals surface area contributed by atoms with Crippen LogP contribution in [-0.2, 0) is 14.3 Å². The van der Waals surface area contributed by atoms with Gasteiger partial charge >= 0.3 is 12.1 Å². The number of hydrazone groups is 1. The second-order valence-electron chi connectivity index (χ2n) is 8.75. The zero-order chi connectivity index (χ0) is 21.3. The van der Waals surface area contributed by atoms with Gasteiger partial charge in [-0.25, -0.2) is 10.2 Å². The predicted octanol–water partition coefficient (Wildman–Crippen LogP) is 4.39. The van der Waals surface area contributed by atoms with Crippen molar-refractivity contribution in [2.75, 3.05) is 7.11 Å². The van der Waals surface area contributed by atoms with E-state index in [1.54, 1.807) is 6.21 Å². The highest BCUT2D eigenvalue weighted by molar-refractivity contribution is 5.72. The lowest BCUT2D eigenvalue weighted by Gasteiger charge is -2.36. The van der Waals surface area contributed by atoms with Gasteiger partial charge < -0.3 is 9.47 Å². The summed E-state index contributed by atoms with van der Waals surface area (Å²) in [6, 6.07) is 0. The molecule has 1 aliphatic rings. The van der Waals surface area contributed by atoms with E-state index >= 15 is 0 Å². The minimum atomic E-state index is -0.550. The van der Waals surface area contributed by atoms with Crippen molar-refractivity contribution in [2.24, 2.45) is 34.2 Å². The Balaban J connectivity index is 2.66. The molecule has 1 aliphatic carbocycles. The van der Waals surface area contributed by atoms with Gasteiger partial charge in [-0.1, -0.05) is 33.1 Å². The van der Waals surface area contributed by atoms with E-state index < -0.39 is 11.5 Å². The lowest BCUT2D eigenvalue weighted by molar-refractivity contribution is -0.140. The van der Waals surface area contributed by atoms with E-state index in [-0.39, 0.29) is 24.4 Å². The molecule has 1 rings (SSSR count). The highest BCUT2D eigenvalue weighted by atomic mass is 16.6. The fourth-order valence-electron chi connectivity index (χ4n) is 3.70. The Bertz CT molecular complexity index is 592.